The van der Waals surface area contributed by atoms with Crippen molar-refractivity contribution in [1.29, 1.82) is 0 Å². The normalized spacial score (nSPS) is 12.3. The first-order valence-electron chi connectivity index (χ1n) is 8.74. The maximum Gasteiger partial charge on any atom is 0.131 e. The van der Waals surface area contributed by atoms with Gasteiger partial charge >= 0.3 is 0 Å². The minimum Gasteiger partial charge on any atom is -0.382 e. The number of nitrogens with one attached hydrogen (secondary N) is 1. The zero-order chi connectivity index (χ0) is 17.8. The zero-order valence-electron chi connectivity index (χ0n) is 14.7. The van der Waals surface area contributed by atoms with Crippen LogP contribution in [0, 0.1) is 12.7 Å². The van der Waals surface area contributed by atoms with Crippen LogP contribution in [-0.4, -0.2) is 17.6 Å². The quantitative estimate of drug-likeness (QED) is 0.673. The Morgan fingerprint density at radius 3 is 2.80 bits per heavy atom. The topological polar surface area (TPSA) is 50.9 Å². The van der Waals surface area contributed by atoms with E-state index in [-0.39, 0.29) is 5.82 Å². The number of aryl methyl sites for hydroxylation is 1. The fourth-order valence-electron chi connectivity index (χ4n) is 3.27. The van der Waals surface area contributed by atoms with E-state index >= 15 is 0 Å². The Balaban J connectivity index is 2.15. The number of pyridine rings is 1. The lowest BCUT2D eigenvalue weighted by Crippen LogP contribution is -2.22. The summed E-state index contributed by atoms with van der Waals surface area (Å²) in [6, 6.07) is 11.5. The fourth-order valence-corrected chi connectivity index (χ4v) is 3.27. The minimum absolute atomic E-state index is 0.205. The van der Waals surface area contributed by atoms with Gasteiger partial charge in [-0.15, -0.1) is 0 Å². The van der Waals surface area contributed by atoms with Gasteiger partial charge in [0, 0.05) is 40.5 Å². The van der Waals surface area contributed by atoms with Crippen molar-refractivity contribution in [2.75, 3.05) is 11.9 Å². The van der Waals surface area contributed by atoms with Gasteiger partial charge in [0.25, 0.3) is 0 Å². The van der Waals surface area contributed by atoms with Gasteiger partial charge in [-0.25, -0.2) is 4.39 Å². The van der Waals surface area contributed by atoms with Crippen molar-refractivity contribution in [2.45, 2.75) is 32.7 Å². The van der Waals surface area contributed by atoms with Crippen LogP contribution >= 0.6 is 0 Å². The predicted molar refractivity (Wildman–Crippen MR) is 103 cm³/mol. The Bertz CT molecular complexity index is 856. The minimum atomic E-state index is -0.205. The number of benzene rings is 2. The summed E-state index contributed by atoms with van der Waals surface area (Å²) in [5, 5.41) is 5.67. The van der Waals surface area contributed by atoms with Gasteiger partial charge < -0.3 is 11.1 Å². The molecule has 130 valence electrons. The van der Waals surface area contributed by atoms with Gasteiger partial charge in [0.15, 0.2) is 0 Å². The first kappa shape index (κ1) is 17.4. The maximum atomic E-state index is 14.5. The van der Waals surface area contributed by atoms with Crippen LogP contribution < -0.4 is 11.1 Å². The largest absolute Gasteiger partial charge is 0.382 e. The van der Waals surface area contributed by atoms with Gasteiger partial charge in [-0.05, 0) is 61.7 Å². The van der Waals surface area contributed by atoms with Crippen molar-refractivity contribution in [3.8, 4) is 11.1 Å². The van der Waals surface area contributed by atoms with Gasteiger partial charge in [-0.3, -0.25) is 4.98 Å². The van der Waals surface area contributed by atoms with Crippen molar-refractivity contribution in [1.82, 2.24) is 4.98 Å². The third-order valence-electron chi connectivity index (χ3n) is 4.63. The molecule has 2 aromatic carbocycles. The van der Waals surface area contributed by atoms with E-state index in [1.54, 1.807) is 12.3 Å². The third kappa shape index (κ3) is 3.64. The highest BCUT2D eigenvalue weighted by molar-refractivity contribution is 5.97. The Labute approximate surface area is 148 Å². The lowest BCUT2D eigenvalue weighted by Gasteiger charge is -2.20. The highest BCUT2D eigenvalue weighted by atomic mass is 19.1. The van der Waals surface area contributed by atoms with E-state index in [1.807, 2.05) is 37.4 Å². The SMILES string of the molecule is CCC(CCN)Nc1cc(-c2c(C)cccc2F)cc2cnccc12. The number of hydrogen-bond donors (Lipinski definition) is 2. The molecule has 0 aliphatic rings. The number of hydrogen-bond acceptors (Lipinski definition) is 3. The van der Waals surface area contributed by atoms with Crippen LogP contribution in [0.3, 0.4) is 0 Å². The van der Waals surface area contributed by atoms with Crippen molar-refractivity contribution in [2.24, 2.45) is 5.73 Å². The molecule has 1 unspecified atom stereocenters. The smallest absolute Gasteiger partial charge is 0.131 e. The summed E-state index contributed by atoms with van der Waals surface area (Å²) >= 11 is 0. The molecule has 0 bridgehead atoms. The zero-order valence-corrected chi connectivity index (χ0v) is 14.7. The molecule has 3 N–H and O–H groups in total. The lowest BCUT2D eigenvalue weighted by molar-refractivity contribution is 0.630. The molecule has 3 aromatic rings. The molecule has 0 fully saturated rings. The van der Waals surface area contributed by atoms with Crippen molar-refractivity contribution >= 4 is 16.5 Å². The molecule has 25 heavy (non-hydrogen) atoms. The summed E-state index contributed by atoms with van der Waals surface area (Å²) in [5.41, 5.74) is 9.15. The van der Waals surface area contributed by atoms with Crippen LogP contribution in [0.2, 0.25) is 0 Å². The fraction of sp³-hybridized carbons (Fsp3) is 0.286. The number of anilines is 1. The second-order valence-electron chi connectivity index (χ2n) is 6.38. The van der Waals surface area contributed by atoms with Crippen LogP contribution in [0.25, 0.3) is 21.9 Å². The van der Waals surface area contributed by atoms with E-state index < -0.39 is 0 Å². The van der Waals surface area contributed by atoms with Crippen LogP contribution in [-0.2, 0) is 0 Å². The first-order valence-corrected chi connectivity index (χ1v) is 8.74. The van der Waals surface area contributed by atoms with E-state index in [0.29, 0.717) is 18.2 Å². The van der Waals surface area contributed by atoms with Gasteiger partial charge in [0.2, 0.25) is 0 Å². The first-order chi connectivity index (χ1) is 12.1. The third-order valence-corrected chi connectivity index (χ3v) is 4.63. The molecule has 0 saturated carbocycles. The molecular formula is C21H24FN3. The lowest BCUT2D eigenvalue weighted by atomic mass is 9.96. The number of aromatic nitrogens is 1. The van der Waals surface area contributed by atoms with Crippen molar-refractivity contribution in [3.63, 3.8) is 0 Å². The van der Waals surface area contributed by atoms with Gasteiger partial charge in [-0.2, -0.15) is 0 Å². The van der Waals surface area contributed by atoms with Gasteiger partial charge in [0.05, 0.1) is 0 Å². The highest BCUT2D eigenvalue weighted by Crippen LogP contribution is 2.34. The Morgan fingerprint density at radius 2 is 2.08 bits per heavy atom. The molecule has 0 spiro atoms. The molecule has 0 saturated heterocycles. The van der Waals surface area contributed by atoms with Crippen LogP contribution in [0.4, 0.5) is 10.1 Å². The van der Waals surface area contributed by atoms with Gasteiger partial charge in [-0.1, -0.05) is 19.1 Å². The van der Waals surface area contributed by atoms with Crippen LogP contribution in [0.1, 0.15) is 25.3 Å². The number of nitrogens with zero attached hydrogens (tertiary/aromatic N) is 1. The van der Waals surface area contributed by atoms with Crippen molar-refractivity contribution < 1.29 is 4.39 Å². The van der Waals surface area contributed by atoms with E-state index in [1.165, 1.54) is 6.07 Å². The Morgan fingerprint density at radius 1 is 1.24 bits per heavy atom. The standard InChI is InChI=1S/C21H24FN3/c1-3-17(7-9-23)25-20-12-15(11-16-13-24-10-8-18(16)20)21-14(2)5-4-6-19(21)22/h4-6,8,10-13,17,25H,3,7,9,23H2,1-2H3. The summed E-state index contributed by atoms with van der Waals surface area (Å²) in [6.45, 7) is 4.71. The molecule has 4 heteroatoms. The average molecular weight is 337 g/mol. The highest BCUT2D eigenvalue weighted by Gasteiger charge is 2.13. The summed E-state index contributed by atoms with van der Waals surface area (Å²) in [7, 11) is 0. The van der Waals surface area contributed by atoms with E-state index in [4.69, 9.17) is 5.73 Å². The summed E-state index contributed by atoms with van der Waals surface area (Å²) in [4.78, 5) is 4.23. The number of halogens is 1. The molecule has 1 atom stereocenters. The molecule has 0 radical (unpaired) electrons. The molecular weight excluding hydrogens is 313 g/mol. The molecule has 3 nitrogen and oxygen atoms in total. The van der Waals surface area contributed by atoms with E-state index in [0.717, 1.165) is 40.4 Å². The number of fused-ring (bicyclic) bond motifs is 1. The average Bonchev–Trinajstić information content (AvgIpc) is 2.61. The Hall–Kier alpha value is -2.46. The second kappa shape index (κ2) is 7.62. The molecule has 1 heterocycles. The van der Waals surface area contributed by atoms with E-state index in [2.05, 4.69) is 17.2 Å². The second-order valence-corrected chi connectivity index (χ2v) is 6.38. The van der Waals surface area contributed by atoms with Crippen LogP contribution in [0.5, 0.6) is 0 Å². The molecule has 1 aromatic heterocycles. The maximum absolute atomic E-state index is 14.5. The Kier molecular flexibility index (Phi) is 5.29. The molecule has 0 amide bonds. The van der Waals surface area contributed by atoms with E-state index in [9.17, 15) is 4.39 Å². The molecule has 3 rings (SSSR count). The van der Waals surface area contributed by atoms with Crippen LogP contribution in [0.15, 0.2) is 48.8 Å². The van der Waals surface area contributed by atoms with Crippen molar-refractivity contribution in [3.05, 3.63) is 60.2 Å². The molecule has 0 aliphatic heterocycles. The summed E-state index contributed by atoms with van der Waals surface area (Å²) < 4.78 is 14.5. The molecule has 0 aliphatic carbocycles. The summed E-state index contributed by atoms with van der Waals surface area (Å²) in [5.74, 6) is -0.205. The van der Waals surface area contributed by atoms with Gasteiger partial charge in [0.1, 0.15) is 5.82 Å². The number of rotatable bonds is 6. The monoisotopic (exact) mass is 337 g/mol. The number of nitrogens with two attached hydrogens (primary N) is 1. The predicted octanol–water partition coefficient (Wildman–Crippen LogP) is 4.89. The summed E-state index contributed by atoms with van der Waals surface area (Å²) in [6.07, 6.45) is 5.48.